The maximum atomic E-state index is 12.9. The van der Waals surface area contributed by atoms with Gasteiger partial charge in [-0.05, 0) is 37.6 Å². The molecule has 0 saturated heterocycles. The van der Waals surface area contributed by atoms with Crippen LogP contribution in [0.15, 0.2) is 48.5 Å². The maximum absolute atomic E-state index is 12.9. The number of rotatable bonds is 6. The van der Waals surface area contributed by atoms with Crippen molar-refractivity contribution in [2.45, 2.75) is 33.7 Å². The molecule has 6 nitrogen and oxygen atoms in total. The number of nitrogens with one attached hydrogen (secondary N) is 2. The number of benzene rings is 2. The molecule has 0 aliphatic rings. The topological polar surface area (TPSA) is 72.6 Å². The van der Waals surface area contributed by atoms with Crippen molar-refractivity contribution < 1.29 is 4.73 Å². The lowest BCUT2D eigenvalue weighted by atomic mass is 10.00. The second kappa shape index (κ2) is 7.38. The minimum absolute atomic E-state index is 0.693. The van der Waals surface area contributed by atoms with Crippen LogP contribution in [0, 0.1) is 5.21 Å². The average molecular weight is 375 g/mol. The fourth-order valence-electron chi connectivity index (χ4n) is 3.88. The van der Waals surface area contributed by atoms with Gasteiger partial charge in [-0.15, -0.1) is 0 Å². The van der Waals surface area contributed by atoms with E-state index in [1.165, 1.54) is 0 Å². The minimum Gasteiger partial charge on any atom is -0.710 e. The SMILES string of the molecule is CCNc1[nH]nc(-c2ccccc2)c1-c1ccc2c(c1)[n+]([O-])c(CC)n2CC. The van der Waals surface area contributed by atoms with Gasteiger partial charge in [0.05, 0.1) is 12.1 Å². The van der Waals surface area contributed by atoms with Crippen LogP contribution in [0.4, 0.5) is 5.82 Å². The number of H-pyrrole nitrogens is 1. The van der Waals surface area contributed by atoms with E-state index < -0.39 is 0 Å². The van der Waals surface area contributed by atoms with Crippen molar-refractivity contribution in [1.29, 1.82) is 0 Å². The van der Waals surface area contributed by atoms with Gasteiger partial charge in [-0.2, -0.15) is 5.10 Å². The highest BCUT2D eigenvalue weighted by Gasteiger charge is 2.22. The molecular formula is C22H25N5O. The van der Waals surface area contributed by atoms with Crippen LogP contribution in [-0.4, -0.2) is 21.3 Å². The Labute approximate surface area is 164 Å². The van der Waals surface area contributed by atoms with E-state index in [-0.39, 0.29) is 0 Å². The van der Waals surface area contributed by atoms with E-state index in [4.69, 9.17) is 0 Å². The number of imidazole rings is 1. The van der Waals surface area contributed by atoms with Gasteiger partial charge in [0.25, 0.3) is 5.82 Å². The predicted octanol–water partition coefficient (Wildman–Crippen LogP) is 4.35. The van der Waals surface area contributed by atoms with Gasteiger partial charge in [-0.3, -0.25) is 5.10 Å². The second-order valence-electron chi connectivity index (χ2n) is 6.73. The third-order valence-electron chi connectivity index (χ3n) is 5.12. The Morgan fingerprint density at radius 2 is 1.86 bits per heavy atom. The van der Waals surface area contributed by atoms with Crippen LogP contribution in [0.1, 0.15) is 26.6 Å². The third-order valence-corrected chi connectivity index (χ3v) is 5.12. The minimum atomic E-state index is 0.693. The first-order chi connectivity index (χ1) is 13.7. The molecule has 4 aromatic rings. The molecule has 2 heterocycles. The number of aryl methyl sites for hydroxylation is 1. The molecule has 0 bridgehead atoms. The first kappa shape index (κ1) is 18.1. The van der Waals surface area contributed by atoms with Gasteiger partial charge < -0.3 is 10.5 Å². The lowest BCUT2D eigenvalue weighted by Gasteiger charge is -2.08. The normalized spacial score (nSPS) is 11.2. The van der Waals surface area contributed by atoms with Gasteiger partial charge >= 0.3 is 0 Å². The molecular weight excluding hydrogens is 350 g/mol. The number of anilines is 1. The smallest absolute Gasteiger partial charge is 0.260 e. The van der Waals surface area contributed by atoms with Crippen molar-refractivity contribution in [2.24, 2.45) is 0 Å². The van der Waals surface area contributed by atoms with Crippen LogP contribution in [0.2, 0.25) is 0 Å². The van der Waals surface area contributed by atoms with Gasteiger partial charge in [-0.1, -0.05) is 37.3 Å². The second-order valence-corrected chi connectivity index (χ2v) is 6.73. The summed E-state index contributed by atoms with van der Waals surface area (Å²) in [6.45, 7) is 7.69. The van der Waals surface area contributed by atoms with Gasteiger partial charge in [0, 0.05) is 18.5 Å². The van der Waals surface area contributed by atoms with Crippen LogP contribution in [0.5, 0.6) is 0 Å². The first-order valence-corrected chi connectivity index (χ1v) is 9.82. The number of aromatic nitrogens is 4. The quantitative estimate of drug-likeness (QED) is 0.389. The van der Waals surface area contributed by atoms with Crippen molar-refractivity contribution in [3.63, 3.8) is 0 Å². The summed E-state index contributed by atoms with van der Waals surface area (Å²) in [5.41, 5.74) is 5.52. The number of aromatic amines is 1. The zero-order chi connectivity index (χ0) is 19.7. The van der Waals surface area contributed by atoms with Gasteiger partial charge in [0.15, 0.2) is 11.0 Å². The van der Waals surface area contributed by atoms with E-state index >= 15 is 0 Å². The van der Waals surface area contributed by atoms with Crippen molar-refractivity contribution in [2.75, 3.05) is 11.9 Å². The molecule has 6 heteroatoms. The van der Waals surface area contributed by atoms with E-state index in [0.717, 1.165) is 57.4 Å². The van der Waals surface area contributed by atoms with Crippen LogP contribution in [0.3, 0.4) is 0 Å². The highest BCUT2D eigenvalue weighted by atomic mass is 16.5. The van der Waals surface area contributed by atoms with E-state index in [1.807, 2.05) is 49.4 Å². The Morgan fingerprint density at radius 1 is 1.07 bits per heavy atom. The average Bonchev–Trinajstić information content (AvgIpc) is 3.27. The van der Waals surface area contributed by atoms with E-state index in [1.54, 1.807) is 0 Å². The molecule has 0 amide bonds. The molecule has 0 aliphatic heterocycles. The first-order valence-electron chi connectivity index (χ1n) is 9.82. The summed E-state index contributed by atoms with van der Waals surface area (Å²) in [5, 5.41) is 23.9. The van der Waals surface area contributed by atoms with Crippen molar-refractivity contribution >= 4 is 16.9 Å². The number of hydrogen-bond donors (Lipinski definition) is 2. The Kier molecular flexibility index (Phi) is 4.77. The van der Waals surface area contributed by atoms with Crippen LogP contribution in [-0.2, 0) is 13.0 Å². The summed E-state index contributed by atoms with van der Waals surface area (Å²) in [6, 6.07) is 16.2. The summed E-state index contributed by atoms with van der Waals surface area (Å²) < 4.78 is 3.16. The lowest BCUT2D eigenvalue weighted by Crippen LogP contribution is -2.30. The fourth-order valence-corrected chi connectivity index (χ4v) is 3.88. The number of fused-ring (bicyclic) bond motifs is 1. The summed E-state index contributed by atoms with van der Waals surface area (Å²) in [6.07, 6.45) is 0.699. The largest absolute Gasteiger partial charge is 0.710 e. The molecule has 0 atom stereocenters. The van der Waals surface area contributed by atoms with E-state index in [0.29, 0.717) is 11.9 Å². The third kappa shape index (κ3) is 2.81. The monoisotopic (exact) mass is 375 g/mol. The van der Waals surface area contributed by atoms with Crippen molar-refractivity contribution in [3.05, 3.63) is 59.6 Å². The number of nitrogens with zero attached hydrogens (tertiary/aromatic N) is 3. The molecule has 2 aromatic heterocycles. The Balaban J connectivity index is 1.95. The molecule has 4 rings (SSSR count). The van der Waals surface area contributed by atoms with Crippen LogP contribution >= 0.6 is 0 Å². The number of hydrogen-bond acceptors (Lipinski definition) is 3. The zero-order valence-corrected chi connectivity index (χ0v) is 16.5. The Bertz CT molecular complexity index is 1110. The van der Waals surface area contributed by atoms with Gasteiger partial charge in [-0.25, -0.2) is 9.30 Å². The molecule has 0 saturated carbocycles. The Hall–Kier alpha value is -3.28. The summed E-state index contributed by atoms with van der Waals surface area (Å²) in [5.74, 6) is 1.65. The fraction of sp³-hybridized carbons (Fsp3) is 0.273. The van der Waals surface area contributed by atoms with Gasteiger partial charge in [0.1, 0.15) is 11.5 Å². The van der Waals surface area contributed by atoms with Gasteiger partial charge in [0.2, 0.25) is 0 Å². The molecule has 2 N–H and O–H groups in total. The molecule has 144 valence electrons. The molecule has 0 radical (unpaired) electrons. The van der Waals surface area contributed by atoms with E-state index in [2.05, 4.69) is 40.0 Å². The Morgan fingerprint density at radius 3 is 2.54 bits per heavy atom. The molecule has 0 spiro atoms. The molecule has 2 aromatic carbocycles. The predicted molar refractivity (Wildman–Crippen MR) is 113 cm³/mol. The van der Waals surface area contributed by atoms with Crippen LogP contribution < -0.4 is 10.0 Å². The summed E-state index contributed by atoms with van der Waals surface area (Å²) in [7, 11) is 0. The maximum Gasteiger partial charge on any atom is 0.260 e. The zero-order valence-electron chi connectivity index (χ0n) is 16.5. The van der Waals surface area contributed by atoms with Crippen LogP contribution in [0.25, 0.3) is 33.4 Å². The summed E-state index contributed by atoms with van der Waals surface area (Å²) >= 11 is 0. The molecule has 0 unspecified atom stereocenters. The van der Waals surface area contributed by atoms with Crippen molar-refractivity contribution in [3.8, 4) is 22.4 Å². The molecule has 28 heavy (non-hydrogen) atoms. The lowest BCUT2D eigenvalue weighted by molar-refractivity contribution is -0.587. The summed E-state index contributed by atoms with van der Waals surface area (Å²) in [4.78, 5) is 0. The standard InChI is InChI=1S/C22H25N5O/c1-4-19-26(6-3)17-13-12-16(14-18(17)27(19)28)20-21(15-10-8-7-9-11-15)24-25-22(20)23-5-2/h7-14H,4-6H2,1-3H3,(H2,23,24,25). The highest BCUT2D eigenvalue weighted by Crippen LogP contribution is 2.37. The van der Waals surface area contributed by atoms with Crippen molar-refractivity contribution in [1.82, 2.24) is 14.8 Å². The molecule has 0 fully saturated rings. The molecule has 0 aliphatic carbocycles. The highest BCUT2D eigenvalue weighted by molar-refractivity contribution is 5.91. The van der Waals surface area contributed by atoms with E-state index in [9.17, 15) is 5.21 Å².